The summed E-state index contributed by atoms with van der Waals surface area (Å²) in [6, 6.07) is 5.96. The molecule has 0 unspecified atom stereocenters. The Morgan fingerprint density at radius 3 is 2.62 bits per heavy atom. The van der Waals surface area contributed by atoms with Gasteiger partial charge in [-0.05, 0) is 38.3 Å². The standard InChI is InChI=1S/C18H20N2O3S/c1-10-6-5-7-11-12(10)19-15(24-11)20-13(21)18-9-8-17(4,14(22)23-18)16(18,2)3/h5-7H,8-9H2,1-4H3,(H,19,20,21)/t17-,18-/m0/s1. The summed E-state index contributed by atoms with van der Waals surface area (Å²) in [4.78, 5) is 29.9. The van der Waals surface area contributed by atoms with Crippen LogP contribution in [0.5, 0.6) is 0 Å². The molecular formula is C18H20N2O3S. The number of hydrogen-bond acceptors (Lipinski definition) is 5. The third kappa shape index (κ3) is 1.67. The Hall–Kier alpha value is -1.95. The second-order valence-corrected chi connectivity index (χ2v) is 8.60. The van der Waals surface area contributed by atoms with Crippen LogP contribution in [0.4, 0.5) is 5.13 Å². The minimum Gasteiger partial charge on any atom is -0.448 e. The van der Waals surface area contributed by atoms with Gasteiger partial charge in [0.05, 0.1) is 15.6 Å². The number of hydrogen-bond donors (Lipinski definition) is 1. The molecule has 1 N–H and O–H groups in total. The van der Waals surface area contributed by atoms with Crippen LogP contribution in [0.1, 0.15) is 39.2 Å². The number of thiazole rings is 1. The van der Waals surface area contributed by atoms with E-state index in [0.717, 1.165) is 15.8 Å². The number of para-hydroxylation sites is 1. The number of rotatable bonds is 2. The van der Waals surface area contributed by atoms with Crippen LogP contribution in [0.2, 0.25) is 0 Å². The maximum atomic E-state index is 13.0. The summed E-state index contributed by atoms with van der Waals surface area (Å²) in [6.07, 6.45) is 1.23. The zero-order chi connectivity index (χ0) is 17.3. The van der Waals surface area contributed by atoms with Crippen LogP contribution < -0.4 is 5.32 Å². The number of anilines is 1. The van der Waals surface area contributed by atoms with Crippen LogP contribution in [0, 0.1) is 17.8 Å². The van der Waals surface area contributed by atoms with Crippen molar-refractivity contribution in [2.24, 2.45) is 10.8 Å². The molecule has 2 bridgehead atoms. The lowest BCUT2D eigenvalue weighted by atomic mass is 9.66. The third-order valence-electron chi connectivity index (χ3n) is 6.29. The van der Waals surface area contributed by atoms with Crippen LogP contribution in [0.25, 0.3) is 10.2 Å². The number of carbonyl (C=O) groups is 2. The summed E-state index contributed by atoms with van der Waals surface area (Å²) in [6.45, 7) is 7.80. The van der Waals surface area contributed by atoms with E-state index in [1.54, 1.807) is 0 Å². The average molecular weight is 344 g/mol. The molecule has 24 heavy (non-hydrogen) atoms. The zero-order valence-electron chi connectivity index (χ0n) is 14.2. The van der Waals surface area contributed by atoms with Crippen LogP contribution in [-0.4, -0.2) is 22.5 Å². The van der Waals surface area contributed by atoms with E-state index in [-0.39, 0.29) is 11.9 Å². The molecule has 0 radical (unpaired) electrons. The van der Waals surface area contributed by atoms with E-state index in [9.17, 15) is 9.59 Å². The maximum Gasteiger partial charge on any atom is 0.313 e. The van der Waals surface area contributed by atoms with Gasteiger partial charge in [0.2, 0.25) is 0 Å². The number of carbonyl (C=O) groups excluding carboxylic acids is 2. The molecule has 2 heterocycles. The van der Waals surface area contributed by atoms with Crippen LogP contribution in [0.3, 0.4) is 0 Å². The molecule has 2 aliphatic rings. The van der Waals surface area contributed by atoms with E-state index in [2.05, 4.69) is 10.3 Å². The lowest BCUT2D eigenvalue weighted by molar-refractivity contribution is -0.165. The highest BCUT2D eigenvalue weighted by Crippen LogP contribution is 2.65. The Bertz CT molecular complexity index is 888. The molecule has 2 fully saturated rings. The highest BCUT2D eigenvalue weighted by molar-refractivity contribution is 7.22. The fourth-order valence-electron chi connectivity index (χ4n) is 4.08. The summed E-state index contributed by atoms with van der Waals surface area (Å²) >= 11 is 1.44. The molecule has 6 heteroatoms. The smallest absolute Gasteiger partial charge is 0.313 e. The number of fused-ring (bicyclic) bond motifs is 3. The van der Waals surface area contributed by atoms with Crippen molar-refractivity contribution >= 4 is 38.6 Å². The second kappa shape index (κ2) is 4.57. The molecule has 126 valence electrons. The SMILES string of the molecule is Cc1cccc2sc(NC(=O)[C@]34CC[C@@](C)(C(=O)O3)C4(C)C)nc12. The van der Waals surface area contributed by atoms with Gasteiger partial charge in [0.15, 0.2) is 10.7 Å². The third-order valence-corrected chi connectivity index (χ3v) is 7.23. The summed E-state index contributed by atoms with van der Waals surface area (Å²) in [5, 5.41) is 3.45. The van der Waals surface area contributed by atoms with E-state index in [1.807, 2.05) is 45.9 Å². The van der Waals surface area contributed by atoms with Crippen molar-refractivity contribution < 1.29 is 14.3 Å². The van der Waals surface area contributed by atoms with Crippen molar-refractivity contribution in [1.29, 1.82) is 0 Å². The minimum atomic E-state index is -1.11. The highest BCUT2D eigenvalue weighted by atomic mass is 32.1. The fraction of sp³-hybridized carbons (Fsp3) is 0.500. The molecule has 2 atom stereocenters. The van der Waals surface area contributed by atoms with Crippen LogP contribution in [-0.2, 0) is 14.3 Å². The van der Waals surface area contributed by atoms with E-state index in [0.29, 0.717) is 18.0 Å². The maximum absolute atomic E-state index is 13.0. The summed E-state index contributed by atoms with van der Waals surface area (Å²) in [5.41, 5.74) is -0.286. The molecule has 1 saturated heterocycles. The number of aromatic nitrogens is 1. The predicted molar refractivity (Wildman–Crippen MR) is 92.9 cm³/mol. The Morgan fingerprint density at radius 2 is 2.04 bits per heavy atom. The summed E-state index contributed by atoms with van der Waals surface area (Å²) < 4.78 is 6.65. The molecule has 5 nitrogen and oxygen atoms in total. The first kappa shape index (κ1) is 15.6. The van der Waals surface area contributed by atoms with Gasteiger partial charge in [-0.15, -0.1) is 0 Å². The molecule has 2 aromatic rings. The first-order valence-electron chi connectivity index (χ1n) is 8.12. The number of nitrogens with one attached hydrogen (secondary N) is 1. The monoisotopic (exact) mass is 344 g/mol. The predicted octanol–water partition coefficient (Wildman–Crippen LogP) is 3.67. The highest BCUT2D eigenvalue weighted by Gasteiger charge is 2.75. The molecular weight excluding hydrogens is 324 g/mol. The molecule has 1 aromatic carbocycles. The minimum absolute atomic E-state index is 0.265. The van der Waals surface area contributed by atoms with Gasteiger partial charge in [0, 0.05) is 5.41 Å². The van der Waals surface area contributed by atoms with E-state index < -0.39 is 16.4 Å². The Morgan fingerprint density at radius 1 is 1.29 bits per heavy atom. The largest absolute Gasteiger partial charge is 0.448 e. The Balaban J connectivity index is 1.69. The fourth-order valence-corrected chi connectivity index (χ4v) is 5.02. The molecule has 1 aromatic heterocycles. The summed E-state index contributed by atoms with van der Waals surface area (Å²) in [5.74, 6) is -0.534. The first-order chi connectivity index (χ1) is 11.2. The van der Waals surface area contributed by atoms with Crippen molar-refractivity contribution in [2.45, 2.75) is 46.1 Å². The van der Waals surface area contributed by atoms with Crippen molar-refractivity contribution in [1.82, 2.24) is 4.98 Å². The number of esters is 1. The van der Waals surface area contributed by atoms with Crippen molar-refractivity contribution in [3.63, 3.8) is 0 Å². The normalized spacial score (nSPS) is 30.6. The lowest BCUT2D eigenvalue weighted by Crippen LogP contribution is -2.50. The van der Waals surface area contributed by atoms with E-state index >= 15 is 0 Å². The van der Waals surface area contributed by atoms with Gasteiger partial charge in [-0.2, -0.15) is 0 Å². The number of amides is 1. The van der Waals surface area contributed by atoms with Crippen LogP contribution in [0.15, 0.2) is 18.2 Å². The topological polar surface area (TPSA) is 68.3 Å². The van der Waals surface area contributed by atoms with Crippen molar-refractivity contribution in [3.05, 3.63) is 23.8 Å². The molecule has 0 spiro atoms. The lowest BCUT2D eigenvalue weighted by Gasteiger charge is -2.35. The van der Waals surface area contributed by atoms with Gasteiger partial charge in [0.1, 0.15) is 0 Å². The quantitative estimate of drug-likeness (QED) is 0.844. The second-order valence-electron chi connectivity index (χ2n) is 7.57. The molecule has 1 amide bonds. The van der Waals surface area contributed by atoms with Crippen molar-refractivity contribution in [2.75, 3.05) is 5.32 Å². The summed E-state index contributed by atoms with van der Waals surface area (Å²) in [7, 11) is 0. The molecule has 1 aliphatic carbocycles. The molecule has 1 aliphatic heterocycles. The zero-order valence-corrected chi connectivity index (χ0v) is 15.0. The van der Waals surface area contributed by atoms with Gasteiger partial charge in [0.25, 0.3) is 5.91 Å². The Labute approximate surface area is 144 Å². The van der Waals surface area contributed by atoms with Crippen LogP contribution >= 0.6 is 11.3 Å². The number of aryl methyl sites for hydroxylation is 1. The number of benzene rings is 1. The molecule has 1 saturated carbocycles. The average Bonchev–Trinajstić information content (AvgIpc) is 3.05. The van der Waals surface area contributed by atoms with Crippen molar-refractivity contribution in [3.8, 4) is 0 Å². The number of ether oxygens (including phenoxy) is 1. The number of nitrogens with zero attached hydrogens (tertiary/aromatic N) is 1. The van der Waals surface area contributed by atoms with E-state index in [4.69, 9.17) is 4.74 Å². The van der Waals surface area contributed by atoms with Gasteiger partial charge in [-0.1, -0.05) is 37.3 Å². The van der Waals surface area contributed by atoms with Gasteiger partial charge >= 0.3 is 5.97 Å². The Kier molecular flexibility index (Phi) is 2.96. The first-order valence-corrected chi connectivity index (χ1v) is 8.94. The van der Waals surface area contributed by atoms with Gasteiger partial charge in [-0.25, -0.2) is 4.98 Å². The van der Waals surface area contributed by atoms with E-state index in [1.165, 1.54) is 11.3 Å². The molecule has 4 rings (SSSR count). The van der Waals surface area contributed by atoms with Gasteiger partial charge < -0.3 is 4.74 Å². The van der Waals surface area contributed by atoms with Gasteiger partial charge in [-0.3, -0.25) is 14.9 Å².